The second kappa shape index (κ2) is 6.66. The third-order valence-corrected chi connectivity index (χ3v) is 3.37. The van der Waals surface area contributed by atoms with Crippen molar-refractivity contribution >= 4 is 17.2 Å². The lowest BCUT2D eigenvalue weighted by Gasteiger charge is -2.18. The van der Waals surface area contributed by atoms with Gasteiger partial charge in [-0.15, -0.1) is 0 Å². The maximum Gasteiger partial charge on any atom is 0.236 e. The molecule has 4 heteroatoms. The first-order chi connectivity index (χ1) is 7.63. The number of likely N-dealkylation sites (N-methyl/N-ethyl adjacent to an activating group) is 1. The van der Waals surface area contributed by atoms with Crippen molar-refractivity contribution in [3.63, 3.8) is 0 Å². The van der Waals surface area contributed by atoms with Gasteiger partial charge in [0.2, 0.25) is 5.91 Å². The number of carbonyl (C=O) groups is 1. The zero-order valence-corrected chi connectivity index (χ0v) is 11.0. The molecule has 0 fully saturated rings. The summed E-state index contributed by atoms with van der Waals surface area (Å²) < 4.78 is 0. The fraction of sp³-hybridized carbons (Fsp3) is 0.583. The topological polar surface area (TPSA) is 32.3 Å². The largest absolute Gasteiger partial charge is 0.340 e. The van der Waals surface area contributed by atoms with Crippen LogP contribution in [0, 0.1) is 0 Å². The number of carbonyl (C=O) groups excluding carboxylic acids is 1. The Morgan fingerprint density at radius 3 is 2.94 bits per heavy atom. The minimum atomic E-state index is 0.145. The molecule has 16 heavy (non-hydrogen) atoms. The summed E-state index contributed by atoms with van der Waals surface area (Å²) in [6.45, 7) is 5.32. The molecule has 0 saturated heterocycles. The molecule has 1 N–H and O–H groups in total. The average Bonchev–Trinajstić information content (AvgIpc) is 2.77. The average molecular weight is 240 g/mol. The first-order valence-electron chi connectivity index (χ1n) is 5.62. The van der Waals surface area contributed by atoms with Crippen molar-refractivity contribution in [1.29, 1.82) is 0 Å². The van der Waals surface area contributed by atoms with Crippen LogP contribution in [0.25, 0.3) is 0 Å². The molecule has 90 valence electrons. The van der Waals surface area contributed by atoms with Crippen LogP contribution in [0.15, 0.2) is 16.8 Å². The van der Waals surface area contributed by atoms with E-state index < -0.39 is 0 Å². The molecule has 0 aliphatic heterocycles. The zero-order chi connectivity index (χ0) is 12.0. The molecule has 3 nitrogen and oxygen atoms in total. The van der Waals surface area contributed by atoms with Crippen molar-refractivity contribution in [3.05, 3.63) is 22.4 Å². The Morgan fingerprint density at radius 1 is 1.62 bits per heavy atom. The molecule has 1 rings (SSSR count). The Balaban J connectivity index is 2.31. The van der Waals surface area contributed by atoms with Gasteiger partial charge >= 0.3 is 0 Å². The van der Waals surface area contributed by atoms with Gasteiger partial charge in [-0.05, 0) is 35.7 Å². The molecule has 0 saturated carbocycles. The fourth-order valence-corrected chi connectivity index (χ4v) is 1.95. The van der Waals surface area contributed by atoms with E-state index in [1.54, 1.807) is 16.2 Å². The molecular formula is C12H20N2OS. The molecule has 1 heterocycles. The molecule has 0 aliphatic carbocycles. The molecule has 0 aliphatic rings. The summed E-state index contributed by atoms with van der Waals surface area (Å²) >= 11 is 1.66. The maximum absolute atomic E-state index is 11.8. The van der Waals surface area contributed by atoms with Crippen LogP contribution >= 0.6 is 11.3 Å². The van der Waals surface area contributed by atoms with Gasteiger partial charge in [0.1, 0.15) is 0 Å². The molecule has 0 spiro atoms. The molecule has 0 aromatic carbocycles. The summed E-state index contributed by atoms with van der Waals surface area (Å²) in [6, 6.07) is 2.45. The third kappa shape index (κ3) is 4.33. The molecule has 1 unspecified atom stereocenters. The van der Waals surface area contributed by atoms with Gasteiger partial charge in [-0.25, -0.2) is 0 Å². The second-order valence-electron chi connectivity index (χ2n) is 4.07. The quantitative estimate of drug-likeness (QED) is 0.826. The Hall–Kier alpha value is -0.870. The summed E-state index contributed by atoms with van der Waals surface area (Å²) in [7, 11) is 1.85. The SMILES string of the molecule is CCC(C)NCC(=O)N(C)Cc1ccsc1. The lowest BCUT2D eigenvalue weighted by molar-refractivity contribution is -0.129. The number of thiophene rings is 1. The van der Waals surface area contributed by atoms with Gasteiger partial charge in [0.25, 0.3) is 0 Å². The summed E-state index contributed by atoms with van der Waals surface area (Å²) in [6.07, 6.45) is 1.04. The number of nitrogens with zero attached hydrogens (tertiary/aromatic N) is 1. The van der Waals surface area contributed by atoms with Crippen LogP contribution in [0.2, 0.25) is 0 Å². The molecule has 0 bridgehead atoms. The molecule has 1 aromatic rings. The number of amides is 1. The van der Waals surface area contributed by atoms with E-state index in [2.05, 4.69) is 30.6 Å². The van der Waals surface area contributed by atoms with E-state index in [9.17, 15) is 4.79 Å². The fourth-order valence-electron chi connectivity index (χ4n) is 1.29. The highest BCUT2D eigenvalue weighted by Crippen LogP contribution is 2.08. The van der Waals surface area contributed by atoms with E-state index in [1.807, 2.05) is 12.4 Å². The third-order valence-electron chi connectivity index (χ3n) is 2.64. The highest BCUT2D eigenvalue weighted by atomic mass is 32.1. The van der Waals surface area contributed by atoms with Gasteiger partial charge in [0.05, 0.1) is 6.54 Å². The van der Waals surface area contributed by atoms with Gasteiger partial charge in [-0.2, -0.15) is 11.3 Å². The van der Waals surface area contributed by atoms with E-state index >= 15 is 0 Å². The van der Waals surface area contributed by atoms with Gasteiger partial charge < -0.3 is 10.2 Å². The monoisotopic (exact) mass is 240 g/mol. The van der Waals surface area contributed by atoms with Crippen molar-refractivity contribution < 1.29 is 4.79 Å². The van der Waals surface area contributed by atoms with Crippen LogP contribution in [0.5, 0.6) is 0 Å². The number of rotatable bonds is 6. The summed E-state index contributed by atoms with van der Waals surface area (Å²) in [5.41, 5.74) is 1.20. The molecule has 1 atom stereocenters. The number of hydrogen-bond acceptors (Lipinski definition) is 3. The highest BCUT2D eigenvalue weighted by Gasteiger charge is 2.10. The Labute approximate surface area is 101 Å². The predicted octanol–water partition coefficient (Wildman–Crippen LogP) is 2.09. The first-order valence-corrected chi connectivity index (χ1v) is 6.56. The second-order valence-corrected chi connectivity index (χ2v) is 4.85. The summed E-state index contributed by atoms with van der Waals surface area (Å²) in [5.74, 6) is 0.145. The van der Waals surface area contributed by atoms with Gasteiger partial charge in [-0.1, -0.05) is 6.92 Å². The van der Waals surface area contributed by atoms with Crippen LogP contribution in [0.4, 0.5) is 0 Å². The number of nitrogens with one attached hydrogen (secondary N) is 1. The summed E-state index contributed by atoms with van der Waals surface area (Å²) in [5, 5.41) is 7.31. The van der Waals surface area contributed by atoms with Crippen molar-refractivity contribution in [3.8, 4) is 0 Å². The van der Waals surface area contributed by atoms with Crippen molar-refractivity contribution in [2.24, 2.45) is 0 Å². The highest BCUT2D eigenvalue weighted by molar-refractivity contribution is 7.07. The maximum atomic E-state index is 11.8. The molecular weight excluding hydrogens is 220 g/mol. The van der Waals surface area contributed by atoms with Crippen molar-refractivity contribution in [2.75, 3.05) is 13.6 Å². The van der Waals surface area contributed by atoms with Gasteiger partial charge in [0.15, 0.2) is 0 Å². The summed E-state index contributed by atoms with van der Waals surface area (Å²) in [4.78, 5) is 13.5. The predicted molar refractivity (Wildman–Crippen MR) is 68.5 cm³/mol. The standard InChI is InChI=1S/C12H20N2OS/c1-4-10(2)13-7-12(15)14(3)8-11-5-6-16-9-11/h5-6,9-10,13H,4,7-8H2,1-3H3. The van der Waals surface area contributed by atoms with Crippen LogP contribution in [-0.4, -0.2) is 30.4 Å². The van der Waals surface area contributed by atoms with E-state index in [1.165, 1.54) is 5.56 Å². The van der Waals surface area contributed by atoms with Crippen LogP contribution in [0.3, 0.4) is 0 Å². The lowest BCUT2D eigenvalue weighted by Crippen LogP contribution is -2.38. The van der Waals surface area contributed by atoms with Crippen LogP contribution < -0.4 is 5.32 Å². The molecule has 1 aromatic heterocycles. The van der Waals surface area contributed by atoms with Crippen LogP contribution in [0.1, 0.15) is 25.8 Å². The molecule has 0 radical (unpaired) electrons. The number of hydrogen-bond donors (Lipinski definition) is 1. The van der Waals surface area contributed by atoms with Crippen LogP contribution in [-0.2, 0) is 11.3 Å². The minimum Gasteiger partial charge on any atom is -0.340 e. The Morgan fingerprint density at radius 2 is 2.38 bits per heavy atom. The first kappa shape index (κ1) is 13.2. The Bertz CT molecular complexity index is 311. The smallest absolute Gasteiger partial charge is 0.236 e. The van der Waals surface area contributed by atoms with E-state index in [-0.39, 0.29) is 5.91 Å². The Kier molecular flexibility index (Phi) is 5.49. The van der Waals surface area contributed by atoms with E-state index in [4.69, 9.17) is 0 Å². The molecule has 1 amide bonds. The van der Waals surface area contributed by atoms with Gasteiger partial charge in [-0.3, -0.25) is 4.79 Å². The van der Waals surface area contributed by atoms with Gasteiger partial charge in [0, 0.05) is 19.6 Å². The van der Waals surface area contributed by atoms with E-state index in [0.29, 0.717) is 19.1 Å². The van der Waals surface area contributed by atoms with E-state index in [0.717, 1.165) is 6.42 Å². The van der Waals surface area contributed by atoms with Crippen molar-refractivity contribution in [2.45, 2.75) is 32.9 Å². The lowest BCUT2D eigenvalue weighted by atomic mass is 10.2. The van der Waals surface area contributed by atoms with Crippen molar-refractivity contribution in [1.82, 2.24) is 10.2 Å². The minimum absolute atomic E-state index is 0.145. The normalized spacial score (nSPS) is 12.4. The zero-order valence-electron chi connectivity index (χ0n) is 10.2.